The molecule has 3 N–H and O–H groups in total. The van der Waals surface area contributed by atoms with E-state index in [0.29, 0.717) is 11.5 Å². The Kier molecular flexibility index (Phi) is 5.78. The minimum atomic E-state index is -0.661. The van der Waals surface area contributed by atoms with Crippen molar-refractivity contribution in [3.05, 3.63) is 59.2 Å². The smallest absolute Gasteiger partial charge is 0.252 e. The van der Waals surface area contributed by atoms with Crippen molar-refractivity contribution in [2.75, 3.05) is 5.32 Å². The maximum atomic E-state index is 12.9. The summed E-state index contributed by atoms with van der Waals surface area (Å²) in [5.41, 5.74) is 4.18. The highest BCUT2D eigenvalue weighted by atomic mass is 16.2. The van der Waals surface area contributed by atoms with E-state index in [1.54, 1.807) is 6.07 Å². The van der Waals surface area contributed by atoms with Crippen molar-refractivity contribution in [3.63, 3.8) is 0 Å². The number of hydrogen-bond acceptors (Lipinski definition) is 3. The van der Waals surface area contributed by atoms with Crippen LogP contribution >= 0.6 is 0 Å². The van der Waals surface area contributed by atoms with Gasteiger partial charge in [-0.05, 0) is 43.5 Å². The molecular weight excluding hydrogens is 352 g/mol. The van der Waals surface area contributed by atoms with E-state index >= 15 is 0 Å². The average molecular weight is 378 g/mol. The lowest BCUT2D eigenvalue weighted by Gasteiger charge is -2.23. The number of benzene rings is 2. The van der Waals surface area contributed by atoms with Crippen LogP contribution in [-0.2, 0) is 4.79 Å². The number of aromatic amines is 1. The first-order chi connectivity index (χ1) is 13.4. The number of fused-ring (bicyclic) bond motifs is 1. The third kappa shape index (κ3) is 4.22. The number of nitrogens with one attached hydrogen (secondary N) is 3. The summed E-state index contributed by atoms with van der Waals surface area (Å²) in [6.45, 7) is 7.83. The largest absolute Gasteiger partial charge is 0.340 e. The normalized spacial score (nSPS) is 13.1. The van der Waals surface area contributed by atoms with Gasteiger partial charge in [-0.3, -0.25) is 14.9 Å². The number of amides is 2. The molecule has 0 aliphatic carbocycles. The molecule has 2 atom stereocenters. The van der Waals surface area contributed by atoms with Crippen LogP contribution in [0.2, 0.25) is 0 Å². The van der Waals surface area contributed by atoms with Gasteiger partial charge in [0.25, 0.3) is 5.91 Å². The molecule has 0 aliphatic heterocycles. The fourth-order valence-electron chi connectivity index (χ4n) is 3.20. The summed E-state index contributed by atoms with van der Waals surface area (Å²) in [6.07, 6.45) is 0.755. The number of H-pyrrole nitrogens is 1. The van der Waals surface area contributed by atoms with Gasteiger partial charge in [-0.25, -0.2) is 4.98 Å². The molecule has 28 heavy (non-hydrogen) atoms. The van der Waals surface area contributed by atoms with Crippen molar-refractivity contribution in [3.8, 4) is 0 Å². The summed E-state index contributed by atoms with van der Waals surface area (Å²) < 4.78 is 0. The van der Waals surface area contributed by atoms with Crippen molar-refractivity contribution in [1.29, 1.82) is 0 Å². The van der Waals surface area contributed by atoms with Gasteiger partial charge < -0.3 is 10.3 Å². The summed E-state index contributed by atoms with van der Waals surface area (Å²) in [4.78, 5) is 33.2. The summed E-state index contributed by atoms with van der Waals surface area (Å²) in [5, 5.41) is 5.71. The number of aryl methyl sites for hydroxylation is 2. The molecule has 146 valence electrons. The zero-order valence-corrected chi connectivity index (χ0v) is 16.7. The molecule has 6 heteroatoms. The van der Waals surface area contributed by atoms with E-state index in [-0.39, 0.29) is 17.7 Å². The van der Waals surface area contributed by atoms with Gasteiger partial charge in [0.1, 0.15) is 6.04 Å². The summed E-state index contributed by atoms with van der Waals surface area (Å²) in [6, 6.07) is 12.5. The molecule has 1 heterocycles. The van der Waals surface area contributed by atoms with Crippen LogP contribution in [0.5, 0.6) is 0 Å². The van der Waals surface area contributed by atoms with Gasteiger partial charge in [-0.1, -0.05) is 50.1 Å². The first-order valence-corrected chi connectivity index (χ1v) is 9.52. The molecule has 0 aliphatic rings. The lowest BCUT2D eigenvalue weighted by Crippen LogP contribution is -2.48. The van der Waals surface area contributed by atoms with E-state index < -0.39 is 6.04 Å². The number of carbonyl (C=O) groups excluding carboxylic acids is 2. The van der Waals surface area contributed by atoms with Crippen molar-refractivity contribution in [1.82, 2.24) is 15.3 Å². The van der Waals surface area contributed by atoms with Crippen LogP contribution < -0.4 is 10.6 Å². The number of aromatic nitrogens is 2. The average Bonchev–Trinajstić information content (AvgIpc) is 3.07. The maximum Gasteiger partial charge on any atom is 0.252 e. The van der Waals surface area contributed by atoms with Gasteiger partial charge in [0, 0.05) is 5.56 Å². The third-order valence-electron chi connectivity index (χ3n) is 5.04. The predicted octanol–water partition coefficient (Wildman–Crippen LogP) is 3.96. The molecule has 0 bridgehead atoms. The Hall–Kier alpha value is -3.15. The summed E-state index contributed by atoms with van der Waals surface area (Å²) in [7, 11) is 0. The van der Waals surface area contributed by atoms with Crippen LogP contribution in [-0.4, -0.2) is 27.8 Å². The van der Waals surface area contributed by atoms with Crippen LogP contribution in [0.15, 0.2) is 42.5 Å². The Morgan fingerprint density at radius 1 is 1.14 bits per heavy atom. The van der Waals surface area contributed by atoms with Gasteiger partial charge in [0.05, 0.1) is 11.0 Å². The van der Waals surface area contributed by atoms with Gasteiger partial charge in [-0.2, -0.15) is 0 Å². The summed E-state index contributed by atoms with van der Waals surface area (Å²) >= 11 is 0. The lowest BCUT2D eigenvalue weighted by molar-refractivity contribution is -0.119. The number of rotatable bonds is 6. The molecule has 0 saturated heterocycles. The highest BCUT2D eigenvalue weighted by Gasteiger charge is 2.27. The lowest BCUT2D eigenvalue weighted by atomic mass is 9.97. The Labute approximate surface area is 164 Å². The highest BCUT2D eigenvalue weighted by Crippen LogP contribution is 2.16. The van der Waals surface area contributed by atoms with Gasteiger partial charge in [-0.15, -0.1) is 0 Å². The van der Waals surface area contributed by atoms with Crippen LogP contribution in [0.25, 0.3) is 11.0 Å². The zero-order valence-electron chi connectivity index (χ0n) is 16.7. The van der Waals surface area contributed by atoms with E-state index in [1.807, 2.05) is 64.1 Å². The molecule has 3 aromatic rings. The monoisotopic (exact) mass is 378 g/mol. The molecule has 6 nitrogen and oxygen atoms in total. The molecule has 0 saturated carbocycles. The standard InChI is InChI=1S/C22H26N4O2/c1-5-14(3)19(25-20(27)16-11-10-13(2)12-15(16)4)21(28)26-22-23-17-8-6-7-9-18(17)24-22/h6-12,14,19H,5H2,1-4H3,(H,25,27)(H2,23,24,26,28). The second kappa shape index (κ2) is 8.25. The topological polar surface area (TPSA) is 86.9 Å². The Balaban J connectivity index is 1.78. The molecule has 3 rings (SSSR count). The molecular formula is C22H26N4O2. The van der Waals surface area contributed by atoms with Crippen LogP contribution in [0.1, 0.15) is 41.8 Å². The third-order valence-corrected chi connectivity index (χ3v) is 5.04. The van der Waals surface area contributed by atoms with Crippen LogP contribution in [0.4, 0.5) is 5.95 Å². The number of imidazole rings is 1. The fourth-order valence-corrected chi connectivity index (χ4v) is 3.20. The van der Waals surface area contributed by atoms with Crippen molar-refractivity contribution in [2.45, 2.75) is 40.2 Å². The fraction of sp³-hybridized carbons (Fsp3) is 0.318. The van der Waals surface area contributed by atoms with Crippen LogP contribution in [0, 0.1) is 19.8 Å². The van der Waals surface area contributed by atoms with Gasteiger partial charge in [0.2, 0.25) is 11.9 Å². The minimum absolute atomic E-state index is 0.0286. The first kappa shape index (κ1) is 19.6. The number of hydrogen-bond donors (Lipinski definition) is 3. The predicted molar refractivity (Wildman–Crippen MR) is 111 cm³/mol. The highest BCUT2D eigenvalue weighted by molar-refractivity contribution is 6.01. The second-order valence-corrected chi connectivity index (χ2v) is 7.25. The molecule has 0 spiro atoms. The Morgan fingerprint density at radius 2 is 1.89 bits per heavy atom. The number of anilines is 1. The van der Waals surface area contributed by atoms with E-state index in [9.17, 15) is 9.59 Å². The maximum absolute atomic E-state index is 12.9. The second-order valence-electron chi connectivity index (χ2n) is 7.25. The van der Waals surface area contributed by atoms with Gasteiger partial charge >= 0.3 is 0 Å². The van der Waals surface area contributed by atoms with E-state index in [1.165, 1.54) is 0 Å². The van der Waals surface area contributed by atoms with Crippen molar-refractivity contribution < 1.29 is 9.59 Å². The molecule has 2 aromatic carbocycles. The first-order valence-electron chi connectivity index (χ1n) is 9.52. The summed E-state index contributed by atoms with van der Waals surface area (Å²) in [5.74, 6) is -0.187. The zero-order chi connectivity index (χ0) is 20.3. The van der Waals surface area contributed by atoms with E-state index in [4.69, 9.17) is 0 Å². The molecule has 2 amide bonds. The quantitative estimate of drug-likeness (QED) is 0.607. The van der Waals surface area contributed by atoms with Crippen LogP contribution in [0.3, 0.4) is 0 Å². The SMILES string of the molecule is CCC(C)C(NC(=O)c1ccc(C)cc1C)C(=O)Nc1nc2ccccc2[nH]1. The van der Waals surface area contributed by atoms with Gasteiger partial charge in [0.15, 0.2) is 0 Å². The number of para-hydroxylation sites is 2. The Bertz CT molecular complexity index is 976. The number of nitrogens with zero attached hydrogens (tertiary/aromatic N) is 1. The van der Waals surface area contributed by atoms with Crippen molar-refractivity contribution in [2.24, 2.45) is 5.92 Å². The molecule has 1 aromatic heterocycles. The number of carbonyl (C=O) groups is 2. The van der Waals surface area contributed by atoms with Crippen molar-refractivity contribution >= 4 is 28.8 Å². The van der Waals surface area contributed by atoms with E-state index in [2.05, 4.69) is 20.6 Å². The molecule has 2 unspecified atom stereocenters. The van der Waals surface area contributed by atoms with E-state index in [0.717, 1.165) is 28.6 Å². The molecule has 0 fully saturated rings. The Morgan fingerprint density at radius 3 is 2.57 bits per heavy atom. The molecule has 0 radical (unpaired) electrons. The minimum Gasteiger partial charge on any atom is -0.340 e.